The molecule has 0 saturated carbocycles. The predicted molar refractivity (Wildman–Crippen MR) is 92.5 cm³/mol. The van der Waals surface area contributed by atoms with Crippen molar-refractivity contribution in [3.63, 3.8) is 0 Å². The van der Waals surface area contributed by atoms with Gasteiger partial charge in [-0.3, -0.25) is 14.6 Å². The Morgan fingerprint density at radius 1 is 1.08 bits per heavy atom. The zero-order valence-corrected chi connectivity index (χ0v) is 13.7. The van der Waals surface area contributed by atoms with Crippen molar-refractivity contribution in [2.75, 3.05) is 18.4 Å². The average molecular weight is 323 g/mol. The Labute approximate surface area is 141 Å². The molecule has 0 atom stereocenters. The van der Waals surface area contributed by atoms with E-state index in [-0.39, 0.29) is 11.8 Å². The van der Waals surface area contributed by atoms with Gasteiger partial charge in [-0.1, -0.05) is 30.3 Å². The molecule has 1 aromatic heterocycles. The second kappa shape index (κ2) is 6.83. The highest BCUT2D eigenvalue weighted by Gasteiger charge is 2.43. The van der Waals surface area contributed by atoms with E-state index in [4.69, 9.17) is 0 Å². The summed E-state index contributed by atoms with van der Waals surface area (Å²) in [5.74, 6) is 0.0224. The lowest BCUT2D eigenvalue weighted by Crippen LogP contribution is -2.50. The maximum atomic E-state index is 13.1. The van der Waals surface area contributed by atoms with E-state index in [1.807, 2.05) is 36.4 Å². The number of benzene rings is 1. The highest BCUT2D eigenvalue weighted by atomic mass is 16.2. The summed E-state index contributed by atoms with van der Waals surface area (Å²) in [6.07, 6.45) is 4.54. The molecule has 2 heterocycles. The number of amides is 2. The van der Waals surface area contributed by atoms with E-state index in [9.17, 15) is 9.59 Å². The van der Waals surface area contributed by atoms with Crippen LogP contribution >= 0.6 is 0 Å². The maximum Gasteiger partial charge on any atom is 0.235 e. The van der Waals surface area contributed by atoms with Crippen molar-refractivity contribution in [1.29, 1.82) is 0 Å². The molecule has 5 nitrogen and oxygen atoms in total. The molecular weight excluding hydrogens is 302 g/mol. The average Bonchev–Trinajstić information content (AvgIpc) is 2.63. The lowest BCUT2D eigenvalue weighted by Gasteiger charge is -2.40. The molecule has 1 N–H and O–H groups in total. The van der Waals surface area contributed by atoms with E-state index in [0.717, 1.165) is 5.56 Å². The van der Waals surface area contributed by atoms with Gasteiger partial charge in [-0.2, -0.15) is 0 Å². The van der Waals surface area contributed by atoms with Crippen LogP contribution in [0.15, 0.2) is 54.9 Å². The molecule has 124 valence electrons. The second-order valence-corrected chi connectivity index (χ2v) is 6.15. The molecule has 0 unspecified atom stereocenters. The molecule has 1 aliphatic heterocycles. The summed E-state index contributed by atoms with van der Waals surface area (Å²) < 4.78 is 0. The third-order valence-electron chi connectivity index (χ3n) is 4.74. The van der Waals surface area contributed by atoms with Gasteiger partial charge in [0, 0.05) is 26.2 Å². The predicted octanol–water partition coefficient (Wildman–Crippen LogP) is 2.60. The number of carbonyl (C=O) groups excluding carboxylic acids is 2. The van der Waals surface area contributed by atoms with Gasteiger partial charge in [0.25, 0.3) is 0 Å². The van der Waals surface area contributed by atoms with Crippen molar-refractivity contribution < 1.29 is 9.59 Å². The molecule has 2 aromatic rings. The van der Waals surface area contributed by atoms with Crippen molar-refractivity contribution >= 4 is 17.5 Å². The van der Waals surface area contributed by atoms with Gasteiger partial charge in [-0.15, -0.1) is 0 Å². The van der Waals surface area contributed by atoms with E-state index in [1.165, 1.54) is 0 Å². The number of aromatic nitrogens is 1. The van der Waals surface area contributed by atoms with Gasteiger partial charge in [0.05, 0.1) is 17.3 Å². The van der Waals surface area contributed by atoms with Gasteiger partial charge in [0.15, 0.2) is 0 Å². The number of pyridine rings is 1. The molecule has 1 aliphatic rings. The van der Waals surface area contributed by atoms with E-state index in [1.54, 1.807) is 30.3 Å². The van der Waals surface area contributed by atoms with Crippen LogP contribution in [0.3, 0.4) is 0 Å². The zero-order valence-electron chi connectivity index (χ0n) is 13.7. The van der Waals surface area contributed by atoms with Gasteiger partial charge < -0.3 is 10.2 Å². The van der Waals surface area contributed by atoms with Crippen LogP contribution < -0.4 is 5.32 Å². The fourth-order valence-electron chi connectivity index (χ4n) is 3.29. The minimum Gasteiger partial charge on any atom is -0.343 e. The molecule has 3 rings (SSSR count). The van der Waals surface area contributed by atoms with Crippen LogP contribution in [0.2, 0.25) is 0 Å². The maximum absolute atomic E-state index is 13.1. The smallest absolute Gasteiger partial charge is 0.235 e. The number of hydrogen-bond donors (Lipinski definition) is 1. The Morgan fingerprint density at radius 3 is 2.38 bits per heavy atom. The molecule has 0 radical (unpaired) electrons. The van der Waals surface area contributed by atoms with Gasteiger partial charge >= 0.3 is 0 Å². The standard InChI is InChI=1S/C19H21N3O2/c1-15(23)22-12-9-19(10-13-22,16-6-3-2-4-7-16)18(24)21-17-8-5-11-20-14-17/h2-8,11,14H,9-10,12-13H2,1H3,(H,21,24). The Hall–Kier alpha value is -2.69. The Bertz CT molecular complexity index is 708. The number of rotatable bonds is 3. The fourth-order valence-corrected chi connectivity index (χ4v) is 3.29. The highest BCUT2D eigenvalue weighted by Crippen LogP contribution is 2.36. The SMILES string of the molecule is CC(=O)N1CCC(C(=O)Nc2cccnc2)(c2ccccc2)CC1. The summed E-state index contributed by atoms with van der Waals surface area (Å²) in [5, 5.41) is 2.99. The van der Waals surface area contributed by atoms with Gasteiger partial charge in [-0.05, 0) is 30.5 Å². The first kappa shape index (κ1) is 16.2. The zero-order chi connectivity index (χ0) is 17.0. The third kappa shape index (κ3) is 3.15. The van der Waals surface area contributed by atoms with Crippen molar-refractivity contribution in [3.05, 3.63) is 60.4 Å². The van der Waals surface area contributed by atoms with Crippen molar-refractivity contribution in [3.8, 4) is 0 Å². The second-order valence-electron chi connectivity index (χ2n) is 6.15. The number of carbonyl (C=O) groups is 2. The van der Waals surface area contributed by atoms with E-state index in [2.05, 4.69) is 10.3 Å². The van der Waals surface area contributed by atoms with Gasteiger partial charge in [-0.25, -0.2) is 0 Å². The van der Waals surface area contributed by atoms with Crippen LogP contribution in [0, 0.1) is 0 Å². The van der Waals surface area contributed by atoms with Crippen LogP contribution in [0.25, 0.3) is 0 Å². The number of piperidine rings is 1. The van der Waals surface area contributed by atoms with E-state index in [0.29, 0.717) is 31.6 Å². The number of nitrogens with one attached hydrogen (secondary N) is 1. The summed E-state index contributed by atoms with van der Waals surface area (Å²) in [4.78, 5) is 30.6. The summed E-state index contributed by atoms with van der Waals surface area (Å²) in [6, 6.07) is 13.5. The Balaban J connectivity index is 1.89. The van der Waals surface area contributed by atoms with Crippen LogP contribution in [0.5, 0.6) is 0 Å². The van der Waals surface area contributed by atoms with Crippen LogP contribution in [-0.4, -0.2) is 34.8 Å². The number of nitrogens with zero attached hydrogens (tertiary/aromatic N) is 2. The summed E-state index contributed by atoms with van der Waals surface area (Å²) in [5.41, 5.74) is 1.06. The lowest BCUT2D eigenvalue weighted by atomic mass is 9.72. The normalized spacial score (nSPS) is 16.5. The minimum atomic E-state index is -0.622. The monoisotopic (exact) mass is 323 g/mol. The first-order chi connectivity index (χ1) is 11.6. The first-order valence-corrected chi connectivity index (χ1v) is 8.14. The van der Waals surface area contributed by atoms with Gasteiger partial charge in [0.1, 0.15) is 0 Å². The van der Waals surface area contributed by atoms with Crippen LogP contribution in [0.4, 0.5) is 5.69 Å². The quantitative estimate of drug-likeness (QED) is 0.944. The summed E-state index contributed by atoms with van der Waals surface area (Å²) in [6.45, 7) is 2.75. The molecule has 1 aromatic carbocycles. The Morgan fingerprint density at radius 2 is 1.79 bits per heavy atom. The number of likely N-dealkylation sites (tertiary alicyclic amines) is 1. The number of hydrogen-bond acceptors (Lipinski definition) is 3. The van der Waals surface area contributed by atoms with Crippen LogP contribution in [0.1, 0.15) is 25.3 Å². The highest BCUT2D eigenvalue weighted by molar-refractivity contribution is 5.99. The molecule has 0 aliphatic carbocycles. The van der Waals surface area contributed by atoms with Crippen LogP contribution in [-0.2, 0) is 15.0 Å². The molecule has 2 amide bonds. The molecule has 1 fully saturated rings. The molecule has 5 heteroatoms. The van der Waals surface area contributed by atoms with E-state index >= 15 is 0 Å². The van der Waals surface area contributed by atoms with Crippen molar-refractivity contribution in [2.45, 2.75) is 25.2 Å². The number of anilines is 1. The summed E-state index contributed by atoms with van der Waals surface area (Å²) in [7, 11) is 0. The molecule has 0 bridgehead atoms. The molecule has 0 spiro atoms. The topological polar surface area (TPSA) is 62.3 Å². The Kier molecular flexibility index (Phi) is 4.60. The van der Waals surface area contributed by atoms with E-state index < -0.39 is 5.41 Å². The largest absolute Gasteiger partial charge is 0.343 e. The first-order valence-electron chi connectivity index (χ1n) is 8.14. The van der Waals surface area contributed by atoms with Crippen molar-refractivity contribution in [1.82, 2.24) is 9.88 Å². The molecule has 1 saturated heterocycles. The molecule has 24 heavy (non-hydrogen) atoms. The van der Waals surface area contributed by atoms with Gasteiger partial charge in [0.2, 0.25) is 11.8 Å². The summed E-state index contributed by atoms with van der Waals surface area (Å²) >= 11 is 0. The fraction of sp³-hybridized carbons (Fsp3) is 0.316. The third-order valence-corrected chi connectivity index (χ3v) is 4.74. The minimum absolute atomic E-state index is 0.0371. The van der Waals surface area contributed by atoms with Crippen molar-refractivity contribution in [2.24, 2.45) is 0 Å². The molecular formula is C19H21N3O2. The lowest BCUT2D eigenvalue weighted by molar-refractivity contribution is -0.133.